The standard InChI is InChI=1S/C27H26N2O5/c1-5-15-8-6-7-14(2)22(15)28-23(31)16-9-11-18-21-19(12-10-17(20(16)21)24(28)32)26(34)29(25(18)33)27(3,4)13-30/h6-12,23,30-31H,5,13H2,1-4H3. The Morgan fingerprint density at radius 1 is 0.882 bits per heavy atom. The van der Waals surface area contributed by atoms with E-state index < -0.39 is 23.6 Å². The van der Waals surface area contributed by atoms with Crippen molar-refractivity contribution in [3.05, 3.63) is 75.8 Å². The van der Waals surface area contributed by atoms with E-state index in [0.717, 1.165) is 16.0 Å². The normalized spacial score (nSPS) is 17.7. The number of benzene rings is 3. The molecule has 1 unspecified atom stereocenters. The van der Waals surface area contributed by atoms with E-state index in [2.05, 4.69) is 0 Å². The Kier molecular flexibility index (Phi) is 4.90. The number of aliphatic hydroxyl groups excluding tert-OH is 2. The summed E-state index contributed by atoms with van der Waals surface area (Å²) in [6, 6.07) is 12.2. The zero-order valence-electron chi connectivity index (χ0n) is 19.5. The van der Waals surface area contributed by atoms with Crippen LogP contribution in [0.4, 0.5) is 5.69 Å². The quantitative estimate of drug-likeness (QED) is 0.581. The predicted molar refractivity (Wildman–Crippen MR) is 128 cm³/mol. The van der Waals surface area contributed by atoms with Crippen LogP contribution in [0.3, 0.4) is 0 Å². The van der Waals surface area contributed by atoms with Gasteiger partial charge in [-0.3, -0.25) is 24.2 Å². The Morgan fingerprint density at radius 3 is 2.06 bits per heavy atom. The number of hydrogen-bond donors (Lipinski definition) is 2. The molecule has 2 aliphatic heterocycles. The Balaban J connectivity index is 1.76. The smallest absolute Gasteiger partial charge is 0.261 e. The average Bonchev–Trinajstić information content (AvgIpc) is 2.82. The second-order valence-corrected chi connectivity index (χ2v) is 9.51. The summed E-state index contributed by atoms with van der Waals surface area (Å²) in [7, 11) is 0. The van der Waals surface area contributed by atoms with E-state index in [1.54, 1.807) is 38.1 Å². The number of para-hydroxylation sites is 1. The molecule has 0 bridgehead atoms. The van der Waals surface area contributed by atoms with E-state index in [0.29, 0.717) is 34.0 Å². The predicted octanol–water partition coefficient (Wildman–Crippen LogP) is 3.73. The molecule has 2 aliphatic rings. The summed E-state index contributed by atoms with van der Waals surface area (Å²) in [5.74, 6) is -1.45. The van der Waals surface area contributed by atoms with Crippen molar-refractivity contribution in [2.45, 2.75) is 45.9 Å². The van der Waals surface area contributed by atoms with Crippen LogP contribution in [0, 0.1) is 6.92 Å². The maximum absolute atomic E-state index is 13.7. The number of rotatable bonds is 4. The summed E-state index contributed by atoms with van der Waals surface area (Å²) in [5, 5.41) is 22.0. The summed E-state index contributed by atoms with van der Waals surface area (Å²) < 4.78 is 0. The average molecular weight is 459 g/mol. The van der Waals surface area contributed by atoms with Crippen molar-refractivity contribution in [2.75, 3.05) is 11.5 Å². The first kappa shape index (κ1) is 22.3. The lowest BCUT2D eigenvalue weighted by Crippen LogP contribution is -2.55. The Bertz CT molecular complexity index is 1390. The molecule has 0 fully saturated rings. The van der Waals surface area contributed by atoms with Gasteiger partial charge in [0, 0.05) is 33.0 Å². The molecule has 7 heteroatoms. The number of imide groups is 1. The van der Waals surface area contributed by atoms with Gasteiger partial charge in [0.1, 0.15) is 0 Å². The Morgan fingerprint density at radius 2 is 1.47 bits per heavy atom. The zero-order valence-corrected chi connectivity index (χ0v) is 19.5. The maximum atomic E-state index is 13.7. The highest BCUT2D eigenvalue weighted by Crippen LogP contribution is 2.44. The van der Waals surface area contributed by atoms with Gasteiger partial charge in [-0.15, -0.1) is 0 Å². The maximum Gasteiger partial charge on any atom is 0.261 e. The van der Waals surface area contributed by atoms with Crippen LogP contribution in [0.25, 0.3) is 10.8 Å². The third-order valence-corrected chi connectivity index (χ3v) is 6.97. The molecule has 0 saturated carbocycles. The molecule has 0 aromatic heterocycles. The monoisotopic (exact) mass is 458 g/mol. The number of aliphatic hydroxyl groups is 2. The summed E-state index contributed by atoms with van der Waals surface area (Å²) in [5.41, 5.74) is 2.73. The molecule has 174 valence electrons. The van der Waals surface area contributed by atoms with Gasteiger partial charge < -0.3 is 10.2 Å². The first-order valence-corrected chi connectivity index (χ1v) is 11.3. The molecular formula is C27H26N2O5. The fraction of sp³-hybridized carbons (Fsp3) is 0.296. The van der Waals surface area contributed by atoms with Crippen molar-refractivity contribution in [1.82, 2.24) is 4.90 Å². The van der Waals surface area contributed by atoms with Crippen LogP contribution in [-0.2, 0) is 6.42 Å². The highest BCUT2D eigenvalue weighted by atomic mass is 16.3. The number of anilines is 1. The highest BCUT2D eigenvalue weighted by molar-refractivity contribution is 6.30. The molecule has 2 N–H and O–H groups in total. The number of carbonyl (C=O) groups is 3. The molecule has 3 amide bonds. The van der Waals surface area contributed by atoms with Crippen molar-refractivity contribution in [3.8, 4) is 0 Å². The summed E-state index contributed by atoms with van der Waals surface area (Å²) in [4.78, 5) is 42.9. The van der Waals surface area contributed by atoms with Crippen LogP contribution in [0.1, 0.15) is 74.8 Å². The van der Waals surface area contributed by atoms with Crippen LogP contribution < -0.4 is 4.90 Å². The molecule has 34 heavy (non-hydrogen) atoms. The van der Waals surface area contributed by atoms with E-state index in [1.807, 2.05) is 32.0 Å². The van der Waals surface area contributed by atoms with Gasteiger partial charge >= 0.3 is 0 Å². The van der Waals surface area contributed by atoms with Crippen molar-refractivity contribution in [3.63, 3.8) is 0 Å². The molecule has 5 rings (SSSR count). The van der Waals surface area contributed by atoms with Gasteiger partial charge in [-0.2, -0.15) is 0 Å². The lowest BCUT2D eigenvalue weighted by atomic mass is 9.84. The highest BCUT2D eigenvalue weighted by Gasteiger charge is 2.44. The van der Waals surface area contributed by atoms with Crippen molar-refractivity contribution < 1.29 is 24.6 Å². The number of aryl methyl sites for hydroxylation is 2. The molecule has 3 aromatic rings. The van der Waals surface area contributed by atoms with Crippen molar-refractivity contribution >= 4 is 34.2 Å². The fourth-order valence-corrected chi connectivity index (χ4v) is 5.18. The lowest BCUT2D eigenvalue weighted by Gasteiger charge is -2.40. The molecule has 0 aliphatic carbocycles. The number of carbonyl (C=O) groups excluding carboxylic acids is 3. The lowest BCUT2D eigenvalue weighted by molar-refractivity contribution is 0.0307. The molecule has 0 saturated heterocycles. The van der Waals surface area contributed by atoms with Crippen LogP contribution in [0.2, 0.25) is 0 Å². The van der Waals surface area contributed by atoms with E-state index in [1.165, 1.54) is 4.90 Å². The van der Waals surface area contributed by atoms with Gasteiger partial charge in [-0.05, 0) is 56.5 Å². The van der Waals surface area contributed by atoms with Gasteiger partial charge in [-0.1, -0.05) is 31.2 Å². The summed E-state index contributed by atoms with van der Waals surface area (Å²) in [6.07, 6.45) is -0.583. The van der Waals surface area contributed by atoms with Gasteiger partial charge in [-0.25, -0.2) is 0 Å². The van der Waals surface area contributed by atoms with Gasteiger partial charge in [0.05, 0.1) is 17.8 Å². The fourth-order valence-electron chi connectivity index (χ4n) is 5.18. The molecule has 3 aromatic carbocycles. The molecule has 1 atom stereocenters. The van der Waals surface area contributed by atoms with E-state index in [4.69, 9.17) is 0 Å². The Labute approximate surface area is 197 Å². The molecule has 0 radical (unpaired) electrons. The van der Waals surface area contributed by atoms with Gasteiger partial charge in [0.2, 0.25) is 0 Å². The van der Waals surface area contributed by atoms with Crippen LogP contribution >= 0.6 is 0 Å². The minimum absolute atomic E-state index is 0.273. The summed E-state index contributed by atoms with van der Waals surface area (Å²) in [6.45, 7) is 6.75. The first-order chi connectivity index (χ1) is 16.1. The largest absolute Gasteiger partial charge is 0.394 e. The van der Waals surface area contributed by atoms with Crippen LogP contribution in [0.15, 0.2) is 42.5 Å². The Hall–Kier alpha value is -3.55. The molecular weight excluding hydrogens is 432 g/mol. The van der Waals surface area contributed by atoms with Crippen molar-refractivity contribution in [2.24, 2.45) is 0 Å². The first-order valence-electron chi connectivity index (χ1n) is 11.3. The second-order valence-electron chi connectivity index (χ2n) is 9.51. The minimum atomic E-state index is -1.27. The number of hydrogen-bond acceptors (Lipinski definition) is 5. The van der Waals surface area contributed by atoms with E-state index in [9.17, 15) is 24.6 Å². The molecule has 0 spiro atoms. The second kappa shape index (κ2) is 7.48. The van der Waals surface area contributed by atoms with E-state index in [-0.39, 0.29) is 23.6 Å². The number of amides is 3. The topological polar surface area (TPSA) is 98.2 Å². The number of nitrogens with zero attached hydrogens (tertiary/aromatic N) is 2. The van der Waals surface area contributed by atoms with Gasteiger partial charge in [0.15, 0.2) is 6.23 Å². The molecule has 7 nitrogen and oxygen atoms in total. The minimum Gasteiger partial charge on any atom is -0.394 e. The van der Waals surface area contributed by atoms with Gasteiger partial charge in [0.25, 0.3) is 17.7 Å². The van der Waals surface area contributed by atoms with Crippen molar-refractivity contribution in [1.29, 1.82) is 0 Å². The molecule has 2 heterocycles. The van der Waals surface area contributed by atoms with Crippen LogP contribution in [0.5, 0.6) is 0 Å². The third kappa shape index (κ3) is 2.80. The SMILES string of the molecule is CCc1cccc(C)c1N1C(=O)c2ccc3c4c(ccc(c24)C1O)C(=O)N(C(C)(C)CO)C3=O. The summed E-state index contributed by atoms with van der Waals surface area (Å²) >= 11 is 0. The third-order valence-electron chi connectivity index (χ3n) is 6.97. The van der Waals surface area contributed by atoms with Crippen LogP contribution in [-0.4, -0.2) is 45.0 Å². The zero-order chi connectivity index (χ0) is 24.5. The van der Waals surface area contributed by atoms with E-state index >= 15 is 0 Å².